The highest BCUT2D eigenvalue weighted by Gasteiger charge is 2.30. The van der Waals surface area contributed by atoms with Crippen molar-refractivity contribution in [2.24, 2.45) is 0 Å². The Morgan fingerprint density at radius 2 is 2.04 bits per heavy atom. The van der Waals surface area contributed by atoms with Crippen LogP contribution in [0.25, 0.3) is 10.6 Å². The van der Waals surface area contributed by atoms with E-state index >= 15 is 0 Å². The van der Waals surface area contributed by atoms with Crippen LogP contribution >= 0.6 is 11.5 Å². The molecule has 28 heavy (non-hydrogen) atoms. The molecule has 0 bridgehead atoms. The molecule has 1 saturated heterocycles. The maximum Gasteiger partial charge on any atom is 0.416 e. The van der Waals surface area contributed by atoms with E-state index in [4.69, 9.17) is 4.52 Å². The lowest BCUT2D eigenvalue weighted by Crippen LogP contribution is -2.34. The van der Waals surface area contributed by atoms with Crippen LogP contribution in [0.1, 0.15) is 41.3 Å². The smallest absolute Gasteiger partial charge is 0.355 e. The number of benzene rings is 1. The Kier molecular flexibility index (Phi) is 5.20. The minimum absolute atomic E-state index is 0.211. The van der Waals surface area contributed by atoms with Crippen LogP contribution in [0.15, 0.2) is 34.9 Å². The number of hydrogen-bond donors (Lipinski definition) is 0. The van der Waals surface area contributed by atoms with Crippen molar-refractivity contribution in [3.8, 4) is 10.6 Å². The Labute approximate surface area is 164 Å². The fraction of sp³-hybridized carbons (Fsp3) is 0.421. The number of piperidine rings is 1. The van der Waals surface area contributed by atoms with E-state index in [-0.39, 0.29) is 5.92 Å². The third-order valence-electron chi connectivity index (χ3n) is 4.94. The molecule has 1 aromatic carbocycles. The van der Waals surface area contributed by atoms with Gasteiger partial charge in [-0.05, 0) is 55.5 Å². The summed E-state index contributed by atoms with van der Waals surface area (Å²) in [7, 11) is 0. The van der Waals surface area contributed by atoms with Gasteiger partial charge >= 0.3 is 6.18 Å². The lowest BCUT2D eigenvalue weighted by atomic mass is 9.93. The van der Waals surface area contributed by atoms with Gasteiger partial charge in [-0.3, -0.25) is 4.90 Å². The summed E-state index contributed by atoms with van der Waals surface area (Å²) in [6, 6.07) is 7.28. The van der Waals surface area contributed by atoms with Gasteiger partial charge in [-0.2, -0.15) is 13.2 Å². The molecule has 4 rings (SSSR count). The fourth-order valence-electron chi connectivity index (χ4n) is 3.59. The summed E-state index contributed by atoms with van der Waals surface area (Å²) >= 11 is 1.30. The van der Waals surface area contributed by atoms with Gasteiger partial charge in [-0.1, -0.05) is 21.8 Å². The van der Waals surface area contributed by atoms with E-state index in [1.807, 2.05) is 13.0 Å². The van der Waals surface area contributed by atoms with Gasteiger partial charge in [-0.25, -0.2) is 0 Å². The summed E-state index contributed by atoms with van der Waals surface area (Å²) in [6.45, 7) is 4.18. The fourth-order valence-corrected chi connectivity index (χ4v) is 4.28. The molecule has 1 aliphatic rings. The van der Waals surface area contributed by atoms with Crippen molar-refractivity contribution in [3.63, 3.8) is 0 Å². The topological polar surface area (TPSA) is 55.1 Å². The number of likely N-dealkylation sites (tertiary alicyclic amines) is 1. The van der Waals surface area contributed by atoms with Gasteiger partial charge in [0.1, 0.15) is 4.88 Å². The average molecular weight is 408 g/mol. The maximum absolute atomic E-state index is 12.7. The van der Waals surface area contributed by atoms with Crippen LogP contribution in [-0.2, 0) is 12.7 Å². The Balaban J connectivity index is 1.46. The molecule has 3 heterocycles. The molecule has 0 unspecified atom stereocenters. The van der Waals surface area contributed by atoms with E-state index in [1.54, 1.807) is 12.1 Å². The Morgan fingerprint density at radius 1 is 1.25 bits per heavy atom. The second-order valence-electron chi connectivity index (χ2n) is 7.09. The summed E-state index contributed by atoms with van der Waals surface area (Å²) in [5, 5.41) is 8.27. The third-order valence-corrected chi connectivity index (χ3v) is 5.70. The molecule has 0 N–H and O–H groups in total. The first-order valence-corrected chi connectivity index (χ1v) is 9.82. The lowest BCUT2D eigenvalue weighted by molar-refractivity contribution is -0.137. The normalized spacial score (nSPS) is 18.5. The molecule has 2 aromatic heterocycles. The molecule has 148 valence electrons. The lowest BCUT2D eigenvalue weighted by Gasteiger charge is -2.32. The SMILES string of the molecule is Cc1cc(-c2snnc2[C@H]2CCCN(Cc3ccc(C(F)(F)F)cc3)C2)on1. The van der Waals surface area contributed by atoms with Crippen molar-refractivity contribution in [1.82, 2.24) is 19.6 Å². The van der Waals surface area contributed by atoms with Crippen molar-refractivity contribution < 1.29 is 17.7 Å². The molecular weight excluding hydrogens is 389 g/mol. The van der Waals surface area contributed by atoms with Crippen LogP contribution in [0.5, 0.6) is 0 Å². The van der Waals surface area contributed by atoms with Crippen molar-refractivity contribution in [2.75, 3.05) is 13.1 Å². The van der Waals surface area contributed by atoms with Crippen LogP contribution in [-0.4, -0.2) is 32.7 Å². The summed E-state index contributed by atoms with van der Waals surface area (Å²) in [5.74, 6) is 0.893. The average Bonchev–Trinajstić information content (AvgIpc) is 3.30. The Morgan fingerprint density at radius 3 is 2.71 bits per heavy atom. The van der Waals surface area contributed by atoms with Gasteiger partial charge in [0.15, 0.2) is 5.76 Å². The van der Waals surface area contributed by atoms with E-state index < -0.39 is 11.7 Å². The van der Waals surface area contributed by atoms with E-state index in [9.17, 15) is 13.2 Å². The number of aryl methyl sites for hydroxylation is 1. The zero-order valence-corrected chi connectivity index (χ0v) is 16.1. The molecular formula is C19H19F3N4OS. The summed E-state index contributed by atoms with van der Waals surface area (Å²) < 4.78 is 47.7. The molecule has 1 atom stereocenters. The van der Waals surface area contributed by atoms with Crippen LogP contribution < -0.4 is 0 Å². The van der Waals surface area contributed by atoms with Gasteiger partial charge in [-0.15, -0.1) is 5.10 Å². The second-order valence-corrected chi connectivity index (χ2v) is 7.84. The van der Waals surface area contributed by atoms with Crippen LogP contribution in [0.3, 0.4) is 0 Å². The largest absolute Gasteiger partial charge is 0.416 e. The van der Waals surface area contributed by atoms with Gasteiger partial charge in [0.2, 0.25) is 0 Å². The highest BCUT2D eigenvalue weighted by atomic mass is 32.1. The maximum atomic E-state index is 12.7. The van der Waals surface area contributed by atoms with E-state index in [2.05, 4.69) is 19.6 Å². The van der Waals surface area contributed by atoms with Crippen LogP contribution in [0, 0.1) is 6.92 Å². The molecule has 0 aliphatic carbocycles. The molecule has 3 aromatic rings. The number of aromatic nitrogens is 3. The summed E-state index contributed by atoms with van der Waals surface area (Å²) in [6.07, 6.45) is -2.31. The first-order chi connectivity index (χ1) is 13.4. The number of alkyl halides is 3. The van der Waals surface area contributed by atoms with Crippen molar-refractivity contribution >= 4 is 11.5 Å². The molecule has 0 spiro atoms. The van der Waals surface area contributed by atoms with E-state index in [1.165, 1.54) is 11.5 Å². The highest BCUT2D eigenvalue weighted by molar-refractivity contribution is 7.09. The summed E-state index contributed by atoms with van der Waals surface area (Å²) in [4.78, 5) is 3.16. The van der Waals surface area contributed by atoms with Gasteiger partial charge in [0, 0.05) is 25.1 Å². The van der Waals surface area contributed by atoms with Crippen LogP contribution in [0.4, 0.5) is 13.2 Å². The summed E-state index contributed by atoms with van der Waals surface area (Å²) in [5.41, 5.74) is 1.98. The monoisotopic (exact) mass is 408 g/mol. The predicted octanol–water partition coefficient (Wildman–Crippen LogP) is 4.90. The molecule has 0 amide bonds. The molecule has 5 nitrogen and oxygen atoms in total. The second kappa shape index (κ2) is 7.63. The van der Waals surface area contributed by atoms with Crippen LogP contribution in [0.2, 0.25) is 0 Å². The first-order valence-electron chi connectivity index (χ1n) is 9.04. The standard InChI is InChI=1S/C19H19F3N4OS/c1-12-9-16(27-24-12)18-17(23-25-28-18)14-3-2-8-26(11-14)10-13-4-6-15(7-5-13)19(20,21)22/h4-7,9,14H,2-3,8,10-11H2,1H3/t14-/m0/s1. The molecule has 9 heteroatoms. The third kappa shape index (κ3) is 4.10. The first kappa shape index (κ1) is 19.1. The number of nitrogens with zero attached hydrogens (tertiary/aromatic N) is 4. The Bertz CT molecular complexity index is 935. The zero-order valence-electron chi connectivity index (χ0n) is 15.2. The number of rotatable bonds is 4. The van der Waals surface area contributed by atoms with E-state index in [0.29, 0.717) is 12.3 Å². The highest BCUT2D eigenvalue weighted by Crippen LogP contribution is 2.36. The number of halogens is 3. The molecule has 1 fully saturated rings. The predicted molar refractivity (Wildman–Crippen MR) is 98.8 cm³/mol. The van der Waals surface area contributed by atoms with Gasteiger partial charge in [0.25, 0.3) is 0 Å². The van der Waals surface area contributed by atoms with Crippen molar-refractivity contribution in [3.05, 3.63) is 52.8 Å². The zero-order chi connectivity index (χ0) is 19.7. The van der Waals surface area contributed by atoms with E-state index in [0.717, 1.165) is 59.9 Å². The number of hydrogen-bond acceptors (Lipinski definition) is 6. The molecule has 0 saturated carbocycles. The van der Waals surface area contributed by atoms with Gasteiger partial charge < -0.3 is 4.52 Å². The van der Waals surface area contributed by atoms with Crippen molar-refractivity contribution in [1.29, 1.82) is 0 Å². The minimum Gasteiger partial charge on any atom is -0.355 e. The van der Waals surface area contributed by atoms with Crippen molar-refractivity contribution in [2.45, 2.75) is 38.4 Å². The molecule has 1 aliphatic heterocycles. The quantitative estimate of drug-likeness (QED) is 0.615. The van der Waals surface area contributed by atoms with Gasteiger partial charge in [0.05, 0.1) is 17.0 Å². The minimum atomic E-state index is -4.30. The Hall–Kier alpha value is -2.26. The molecule has 0 radical (unpaired) electrons.